The summed E-state index contributed by atoms with van der Waals surface area (Å²) in [7, 11) is 0. The molecule has 1 amide bonds. The second-order valence-corrected chi connectivity index (χ2v) is 7.27. The summed E-state index contributed by atoms with van der Waals surface area (Å²) in [5.74, 6) is -1.31. The number of nitrogens with zero attached hydrogens (tertiary/aromatic N) is 1. The molecule has 1 fully saturated rings. The number of carbonyl (C=O) groups is 1. The summed E-state index contributed by atoms with van der Waals surface area (Å²) in [5.41, 5.74) is 6.32. The molecule has 7 heteroatoms. The Morgan fingerprint density at radius 2 is 2.21 bits per heavy atom. The summed E-state index contributed by atoms with van der Waals surface area (Å²) >= 11 is 1.30. The van der Waals surface area contributed by atoms with Crippen molar-refractivity contribution < 1.29 is 13.6 Å². The largest absolute Gasteiger partial charge is 0.328 e. The number of aromatic nitrogens is 1. The third-order valence-electron chi connectivity index (χ3n) is 4.25. The predicted molar refractivity (Wildman–Crippen MR) is 89.8 cm³/mol. The molecular formula is C17H19F2N3OS. The van der Waals surface area contributed by atoms with E-state index in [-0.39, 0.29) is 17.9 Å². The molecular weight excluding hydrogens is 332 g/mol. The van der Waals surface area contributed by atoms with E-state index in [1.807, 2.05) is 0 Å². The number of benzene rings is 1. The van der Waals surface area contributed by atoms with Crippen molar-refractivity contribution in [1.29, 1.82) is 0 Å². The molecule has 0 saturated heterocycles. The Labute approximate surface area is 143 Å². The Kier molecular flexibility index (Phi) is 5.20. The highest BCUT2D eigenvalue weighted by Crippen LogP contribution is 2.27. The van der Waals surface area contributed by atoms with E-state index in [1.165, 1.54) is 23.5 Å². The number of hydrogen-bond acceptors (Lipinski definition) is 4. The normalized spacial score (nSPS) is 20.8. The van der Waals surface area contributed by atoms with E-state index in [2.05, 4.69) is 10.3 Å². The van der Waals surface area contributed by atoms with Crippen molar-refractivity contribution in [3.05, 3.63) is 46.5 Å². The van der Waals surface area contributed by atoms with Gasteiger partial charge >= 0.3 is 0 Å². The summed E-state index contributed by atoms with van der Waals surface area (Å²) < 4.78 is 26.6. The maximum absolute atomic E-state index is 13.7. The van der Waals surface area contributed by atoms with Gasteiger partial charge in [0.2, 0.25) is 5.91 Å². The van der Waals surface area contributed by atoms with Crippen LogP contribution in [0.1, 0.15) is 36.1 Å². The second kappa shape index (κ2) is 7.36. The van der Waals surface area contributed by atoms with Crippen LogP contribution in [0.5, 0.6) is 0 Å². The lowest BCUT2D eigenvalue weighted by molar-refractivity contribution is -0.120. The van der Waals surface area contributed by atoms with Gasteiger partial charge in [-0.2, -0.15) is 0 Å². The molecule has 1 saturated carbocycles. The zero-order valence-corrected chi connectivity index (χ0v) is 13.9. The topological polar surface area (TPSA) is 68.0 Å². The van der Waals surface area contributed by atoms with Crippen LogP contribution >= 0.6 is 11.3 Å². The Morgan fingerprint density at radius 1 is 1.38 bits per heavy atom. The third kappa shape index (κ3) is 4.15. The lowest BCUT2D eigenvalue weighted by Gasteiger charge is -2.25. The Bertz CT molecular complexity index is 734. The summed E-state index contributed by atoms with van der Waals surface area (Å²) in [4.78, 5) is 17.2. The fourth-order valence-corrected chi connectivity index (χ4v) is 3.81. The second-order valence-electron chi connectivity index (χ2n) is 6.16. The summed E-state index contributed by atoms with van der Waals surface area (Å²) in [5, 5.41) is 3.32. The van der Waals surface area contributed by atoms with Crippen molar-refractivity contribution in [3.63, 3.8) is 0 Å². The zero-order valence-electron chi connectivity index (χ0n) is 13.1. The first kappa shape index (κ1) is 17.0. The molecule has 4 nitrogen and oxygen atoms in total. The van der Waals surface area contributed by atoms with Gasteiger partial charge in [0.15, 0.2) is 5.13 Å². The number of amides is 1. The maximum atomic E-state index is 13.7. The molecule has 1 aromatic heterocycles. The minimum absolute atomic E-state index is 0.0565. The SMILES string of the molecule is NC1CCCC(C(=O)Nc2ncc(Cc3ccc(F)cc3F)s2)C1. The van der Waals surface area contributed by atoms with E-state index in [9.17, 15) is 13.6 Å². The van der Waals surface area contributed by atoms with Gasteiger partial charge in [0.05, 0.1) is 0 Å². The first-order valence-corrected chi connectivity index (χ1v) is 8.78. The van der Waals surface area contributed by atoms with E-state index in [4.69, 9.17) is 5.73 Å². The van der Waals surface area contributed by atoms with E-state index >= 15 is 0 Å². The number of rotatable bonds is 4. The molecule has 2 unspecified atom stereocenters. The molecule has 1 aliphatic rings. The number of hydrogen-bond donors (Lipinski definition) is 2. The molecule has 0 aliphatic heterocycles. The van der Waals surface area contributed by atoms with Crippen LogP contribution in [0, 0.1) is 17.6 Å². The summed E-state index contributed by atoms with van der Waals surface area (Å²) in [6.07, 6.45) is 5.40. The fraction of sp³-hybridized carbons (Fsp3) is 0.412. The average molecular weight is 351 g/mol. The van der Waals surface area contributed by atoms with Crippen LogP contribution in [0.2, 0.25) is 0 Å². The van der Waals surface area contributed by atoms with Gasteiger partial charge in [-0.05, 0) is 30.9 Å². The zero-order chi connectivity index (χ0) is 17.1. The maximum Gasteiger partial charge on any atom is 0.229 e. The molecule has 1 aromatic carbocycles. The van der Waals surface area contributed by atoms with Gasteiger partial charge in [-0.25, -0.2) is 13.8 Å². The Balaban J connectivity index is 1.62. The van der Waals surface area contributed by atoms with Gasteiger partial charge < -0.3 is 11.1 Å². The van der Waals surface area contributed by atoms with Gasteiger partial charge in [-0.3, -0.25) is 4.79 Å². The molecule has 0 radical (unpaired) electrons. The van der Waals surface area contributed by atoms with E-state index in [1.54, 1.807) is 6.20 Å². The lowest BCUT2D eigenvalue weighted by atomic mass is 9.86. The Morgan fingerprint density at radius 3 is 2.96 bits per heavy atom. The molecule has 1 aliphatic carbocycles. The van der Waals surface area contributed by atoms with Gasteiger partial charge in [-0.1, -0.05) is 12.5 Å². The van der Waals surface area contributed by atoms with Crippen LogP contribution in [0.4, 0.5) is 13.9 Å². The lowest BCUT2D eigenvalue weighted by Crippen LogP contribution is -2.34. The van der Waals surface area contributed by atoms with Gasteiger partial charge in [0, 0.05) is 35.5 Å². The first-order valence-electron chi connectivity index (χ1n) is 7.96. The molecule has 24 heavy (non-hydrogen) atoms. The van der Waals surface area contributed by atoms with Crippen molar-refractivity contribution in [2.24, 2.45) is 11.7 Å². The number of anilines is 1. The summed E-state index contributed by atoms with van der Waals surface area (Å²) in [6.45, 7) is 0. The van der Waals surface area contributed by atoms with Crippen LogP contribution in [-0.4, -0.2) is 16.9 Å². The molecule has 1 heterocycles. The van der Waals surface area contributed by atoms with E-state index < -0.39 is 11.6 Å². The van der Waals surface area contributed by atoms with E-state index in [0.717, 1.165) is 30.2 Å². The van der Waals surface area contributed by atoms with Crippen molar-refractivity contribution in [2.75, 3.05) is 5.32 Å². The van der Waals surface area contributed by atoms with Crippen LogP contribution < -0.4 is 11.1 Å². The molecule has 2 atom stereocenters. The van der Waals surface area contributed by atoms with Crippen LogP contribution in [0.3, 0.4) is 0 Å². The standard InChI is InChI=1S/C17H19F2N3OS/c18-12-5-4-10(15(19)8-12)7-14-9-21-17(24-14)22-16(23)11-2-1-3-13(20)6-11/h4-5,8-9,11,13H,1-3,6-7,20H2,(H,21,22,23). The minimum atomic E-state index is -0.598. The van der Waals surface area contributed by atoms with Gasteiger partial charge in [0.1, 0.15) is 11.6 Å². The Hall–Kier alpha value is -1.86. The molecule has 3 N–H and O–H groups in total. The predicted octanol–water partition coefficient (Wildman–Crippen LogP) is 3.47. The monoisotopic (exact) mass is 351 g/mol. The third-order valence-corrected chi connectivity index (χ3v) is 5.16. The first-order chi connectivity index (χ1) is 11.5. The fourth-order valence-electron chi connectivity index (χ4n) is 2.97. The van der Waals surface area contributed by atoms with Crippen LogP contribution in [0.25, 0.3) is 0 Å². The number of nitrogens with two attached hydrogens (primary N) is 1. The number of thiazole rings is 1. The van der Waals surface area contributed by atoms with Crippen LogP contribution in [-0.2, 0) is 11.2 Å². The van der Waals surface area contributed by atoms with Crippen molar-refractivity contribution in [3.8, 4) is 0 Å². The summed E-state index contributed by atoms with van der Waals surface area (Å²) in [6, 6.07) is 3.61. The van der Waals surface area contributed by atoms with Gasteiger partial charge in [-0.15, -0.1) is 11.3 Å². The molecule has 128 valence electrons. The number of carbonyl (C=O) groups excluding carboxylic acids is 1. The van der Waals surface area contributed by atoms with E-state index in [0.29, 0.717) is 23.5 Å². The molecule has 3 rings (SSSR count). The van der Waals surface area contributed by atoms with Crippen LogP contribution in [0.15, 0.2) is 24.4 Å². The quantitative estimate of drug-likeness (QED) is 0.886. The van der Waals surface area contributed by atoms with Crippen molar-refractivity contribution >= 4 is 22.4 Å². The highest BCUT2D eigenvalue weighted by Gasteiger charge is 2.25. The molecule has 0 spiro atoms. The molecule has 2 aromatic rings. The minimum Gasteiger partial charge on any atom is -0.328 e. The van der Waals surface area contributed by atoms with Crippen molar-refractivity contribution in [2.45, 2.75) is 38.1 Å². The number of nitrogens with one attached hydrogen (secondary N) is 1. The van der Waals surface area contributed by atoms with Gasteiger partial charge in [0.25, 0.3) is 0 Å². The highest BCUT2D eigenvalue weighted by molar-refractivity contribution is 7.15. The number of halogens is 2. The molecule has 0 bridgehead atoms. The average Bonchev–Trinajstić information content (AvgIpc) is 2.97. The smallest absolute Gasteiger partial charge is 0.229 e. The highest BCUT2D eigenvalue weighted by atomic mass is 32.1. The van der Waals surface area contributed by atoms with Crippen molar-refractivity contribution in [1.82, 2.24) is 4.98 Å².